The van der Waals surface area contributed by atoms with E-state index in [1.165, 1.54) is 5.56 Å². The largest absolute Gasteiger partial charge is 0.355 e. The predicted molar refractivity (Wildman–Crippen MR) is 92.3 cm³/mol. The lowest BCUT2D eigenvalue weighted by molar-refractivity contribution is -0.120. The second kappa shape index (κ2) is 7.09. The van der Waals surface area contributed by atoms with E-state index in [0.717, 1.165) is 35.3 Å². The number of hydrogen-bond acceptors (Lipinski definition) is 2. The van der Waals surface area contributed by atoms with Crippen LogP contribution in [0.2, 0.25) is 0 Å². The molecule has 1 heterocycles. The van der Waals surface area contributed by atoms with Crippen molar-refractivity contribution < 1.29 is 4.79 Å². The Kier molecular flexibility index (Phi) is 4.71. The number of aryl methyl sites for hydroxylation is 1. The standard InChI is InChI=1S/C19H21N3O/c1-2-18-21-16-9-8-15(12-17(16)22-18)13-19(23)20-11-10-14-6-4-3-5-7-14/h3-9,12H,2,10-11,13H2,1H3,(H,20,23)(H,21,22). The number of benzene rings is 2. The van der Waals surface area contributed by atoms with Crippen LogP contribution in [-0.2, 0) is 24.1 Å². The van der Waals surface area contributed by atoms with E-state index in [0.29, 0.717) is 13.0 Å². The van der Waals surface area contributed by atoms with Crippen molar-refractivity contribution in [2.75, 3.05) is 6.54 Å². The van der Waals surface area contributed by atoms with Crippen LogP contribution < -0.4 is 5.32 Å². The molecule has 0 spiro atoms. The Morgan fingerprint density at radius 1 is 1.13 bits per heavy atom. The minimum Gasteiger partial charge on any atom is -0.355 e. The van der Waals surface area contributed by atoms with Crippen molar-refractivity contribution in [3.63, 3.8) is 0 Å². The van der Waals surface area contributed by atoms with Crippen LogP contribution in [0.1, 0.15) is 23.9 Å². The lowest BCUT2D eigenvalue weighted by Crippen LogP contribution is -2.27. The van der Waals surface area contributed by atoms with Crippen molar-refractivity contribution in [1.29, 1.82) is 0 Å². The molecule has 0 aliphatic carbocycles. The van der Waals surface area contributed by atoms with Gasteiger partial charge in [-0.3, -0.25) is 4.79 Å². The number of H-pyrrole nitrogens is 1. The van der Waals surface area contributed by atoms with E-state index in [9.17, 15) is 4.79 Å². The van der Waals surface area contributed by atoms with Gasteiger partial charge >= 0.3 is 0 Å². The molecule has 1 aromatic heterocycles. The molecule has 2 aromatic carbocycles. The Morgan fingerprint density at radius 3 is 2.74 bits per heavy atom. The summed E-state index contributed by atoms with van der Waals surface area (Å²) in [6.45, 7) is 2.73. The fraction of sp³-hybridized carbons (Fsp3) is 0.263. The number of nitrogens with one attached hydrogen (secondary N) is 2. The van der Waals surface area contributed by atoms with E-state index in [2.05, 4.69) is 34.3 Å². The molecule has 0 aliphatic rings. The van der Waals surface area contributed by atoms with E-state index in [1.54, 1.807) is 0 Å². The van der Waals surface area contributed by atoms with Crippen LogP contribution in [0.3, 0.4) is 0 Å². The summed E-state index contributed by atoms with van der Waals surface area (Å²) in [5, 5.41) is 2.98. The van der Waals surface area contributed by atoms with E-state index < -0.39 is 0 Å². The first-order valence-electron chi connectivity index (χ1n) is 8.02. The predicted octanol–water partition coefficient (Wildman–Crippen LogP) is 3.03. The van der Waals surface area contributed by atoms with Crippen LogP contribution in [0.4, 0.5) is 0 Å². The fourth-order valence-electron chi connectivity index (χ4n) is 2.63. The summed E-state index contributed by atoms with van der Waals surface area (Å²) in [7, 11) is 0. The van der Waals surface area contributed by atoms with Crippen molar-refractivity contribution in [3.05, 3.63) is 65.5 Å². The molecule has 23 heavy (non-hydrogen) atoms. The van der Waals surface area contributed by atoms with Crippen LogP contribution in [-0.4, -0.2) is 22.4 Å². The fourth-order valence-corrected chi connectivity index (χ4v) is 2.63. The molecule has 0 saturated carbocycles. The van der Waals surface area contributed by atoms with Crippen molar-refractivity contribution in [3.8, 4) is 0 Å². The van der Waals surface area contributed by atoms with E-state index in [1.807, 2.05) is 36.4 Å². The first-order chi connectivity index (χ1) is 11.2. The van der Waals surface area contributed by atoms with Gasteiger partial charge in [0.05, 0.1) is 17.5 Å². The van der Waals surface area contributed by atoms with Gasteiger partial charge in [0, 0.05) is 13.0 Å². The number of rotatable bonds is 6. The zero-order valence-corrected chi connectivity index (χ0v) is 13.3. The van der Waals surface area contributed by atoms with E-state index >= 15 is 0 Å². The van der Waals surface area contributed by atoms with Crippen molar-refractivity contribution in [2.45, 2.75) is 26.2 Å². The summed E-state index contributed by atoms with van der Waals surface area (Å²) in [5.74, 6) is 1.03. The monoisotopic (exact) mass is 307 g/mol. The van der Waals surface area contributed by atoms with Crippen LogP contribution in [0, 0.1) is 0 Å². The highest BCUT2D eigenvalue weighted by Crippen LogP contribution is 2.14. The molecule has 4 heteroatoms. The molecule has 0 radical (unpaired) electrons. The van der Waals surface area contributed by atoms with Crippen molar-refractivity contribution in [2.24, 2.45) is 0 Å². The quantitative estimate of drug-likeness (QED) is 0.735. The van der Waals surface area contributed by atoms with Crippen LogP contribution >= 0.6 is 0 Å². The summed E-state index contributed by atoms with van der Waals surface area (Å²) >= 11 is 0. The second-order valence-corrected chi connectivity index (χ2v) is 5.65. The number of aromatic amines is 1. The average Bonchev–Trinajstić information content (AvgIpc) is 2.98. The molecule has 3 aromatic rings. The van der Waals surface area contributed by atoms with Gasteiger partial charge in [-0.1, -0.05) is 43.3 Å². The summed E-state index contributed by atoms with van der Waals surface area (Å²) in [6.07, 6.45) is 2.13. The number of imidazole rings is 1. The zero-order chi connectivity index (χ0) is 16.1. The third kappa shape index (κ3) is 3.97. The maximum absolute atomic E-state index is 12.1. The summed E-state index contributed by atoms with van der Waals surface area (Å²) in [5.41, 5.74) is 4.19. The number of hydrogen-bond donors (Lipinski definition) is 2. The number of carbonyl (C=O) groups excluding carboxylic acids is 1. The topological polar surface area (TPSA) is 57.8 Å². The molecule has 2 N–H and O–H groups in total. The minimum atomic E-state index is 0.0514. The summed E-state index contributed by atoms with van der Waals surface area (Å²) in [6, 6.07) is 16.1. The average molecular weight is 307 g/mol. The maximum atomic E-state index is 12.1. The first-order valence-corrected chi connectivity index (χ1v) is 8.02. The number of fused-ring (bicyclic) bond motifs is 1. The molecule has 1 amide bonds. The molecule has 3 rings (SSSR count). The van der Waals surface area contributed by atoms with Gasteiger partial charge in [0.1, 0.15) is 5.82 Å². The third-order valence-corrected chi connectivity index (χ3v) is 3.87. The van der Waals surface area contributed by atoms with Crippen molar-refractivity contribution in [1.82, 2.24) is 15.3 Å². The molecule has 0 unspecified atom stereocenters. The molecule has 0 saturated heterocycles. The van der Waals surface area contributed by atoms with Gasteiger partial charge in [-0.15, -0.1) is 0 Å². The Morgan fingerprint density at radius 2 is 1.96 bits per heavy atom. The van der Waals surface area contributed by atoms with E-state index in [-0.39, 0.29) is 5.91 Å². The van der Waals surface area contributed by atoms with Gasteiger partial charge in [0.25, 0.3) is 0 Å². The number of nitrogens with zero attached hydrogens (tertiary/aromatic N) is 1. The van der Waals surface area contributed by atoms with Crippen LogP contribution in [0.25, 0.3) is 11.0 Å². The normalized spacial score (nSPS) is 10.8. The molecular formula is C19H21N3O. The van der Waals surface area contributed by atoms with Crippen LogP contribution in [0.5, 0.6) is 0 Å². The lowest BCUT2D eigenvalue weighted by atomic mass is 10.1. The maximum Gasteiger partial charge on any atom is 0.224 e. The van der Waals surface area contributed by atoms with Crippen LogP contribution in [0.15, 0.2) is 48.5 Å². The first kappa shape index (κ1) is 15.3. The van der Waals surface area contributed by atoms with Crippen molar-refractivity contribution >= 4 is 16.9 Å². The Hall–Kier alpha value is -2.62. The molecule has 0 atom stereocenters. The highest BCUT2D eigenvalue weighted by molar-refractivity contribution is 5.81. The van der Waals surface area contributed by atoms with Gasteiger partial charge in [-0.2, -0.15) is 0 Å². The highest BCUT2D eigenvalue weighted by atomic mass is 16.1. The second-order valence-electron chi connectivity index (χ2n) is 5.65. The Balaban J connectivity index is 1.55. The molecule has 0 bridgehead atoms. The number of carbonyl (C=O) groups is 1. The third-order valence-electron chi connectivity index (χ3n) is 3.87. The summed E-state index contributed by atoms with van der Waals surface area (Å²) in [4.78, 5) is 19.8. The van der Waals surface area contributed by atoms with Gasteiger partial charge in [-0.05, 0) is 29.7 Å². The molecule has 0 fully saturated rings. The van der Waals surface area contributed by atoms with Gasteiger partial charge in [-0.25, -0.2) is 4.98 Å². The molecule has 4 nitrogen and oxygen atoms in total. The van der Waals surface area contributed by atoms with Gasteiger partial charge < -0.3 is 10.3 Å². The minimum absolute atomic E-state index is 0.0514. The Bertz CT molecular complexity index is 793. The SMILES string of the molecule is CCc1nc2ccc(CC(=O)NCCc3ccccc3)cc2[nH]1. The van der Waals surface area contributed by atoms with Gasteiger partial charge in [0.2, 0.25) is 5.91 Å². The van der Waals surface area contributed by atoms with Gasteiger partial charge in [0.15, 0.2) is 0 Å². The number of amides is 1. The lowest BCUT2D eigenvalue weighted by Gasteiger charge is -2.05. The Labute approximate surface area is 136 Å². The molecular weight excluding hydrogens is 286 g/mol. The highest BCUT2D eigenvalue weighted by Gasteiger charge is 2.06. The smallest absolute Gasteiger partial charge is 0.224 e. The zero-order valence-electron chi connectivity index (χ0n) is 13.3. The summed E-state index contributed by atoms with van der Waals surface area (Å²) < 4.78 is 0. The molecule has 118 valence electrons. The molecule has 0 aliphatic heterocycles. The number of aromatic nitrogens is 2. The van der Waals surface area contributed by atoms with E-state index in [4.69, 9.17) is 0 Å².